The van der Waals surface area contributed by atoms with Gasteiger partial charge >= 0.3 is 0 Å². The average molecular weight is 313 g/mol. The van der Waals surface area contributed by atoms with E-state index in [0.717, 1.165) is 18.4 Å². The van der Waals surface area contributed by atoms with Crippen LogP contribution >= 0.6 is 0 Å². The van der Waals surface area contributed by atoms with Crippen molar-refractivity contribution >= 4 is 5.91 Å². The van der Waals surface area contributed by atoms with Crippen LogP contribution in [0.25, 0.3) is 0 Å². The number of carbonyl (C=O) groups is 1. The fourth-order valence-corrected chi connectivity index (χ4v) is 1.95. The molecule has 0 saturated carbocycles. The Morgan fingerprint density at radius 1 is 1.22 bits per heavy atom. The van der Waals surface area contributed by atoms with Gasteiger partial charge in [-0.05, 0) is 39.7 Å². The van der Waals surface area contributed by atoms with Gasteiger partial charge in [0.15, 0.2) is 0 Å². The number of nitrogens with one attached hydrogen (secondary N) is 1. The highest BCUT2D eigenvalue weighted by atomic mass is 16.1. The fourth-order valence-electron chi connectivity index (χ4n) is 1.95. The van der Waals surface area contributed by atoms with Crippen molar-refractivity contribution in [2.75, 3.05) is 7.05 Å². The van der Waals surface area contributed by atoms with Crippen LogP contribution < -0.4 is 5.32 Å². The van der Waals surface area contributed by atoms with Crippen molar-refractivity contribution in [2.24, 2.45) is 0 Å². The summed E-state index contributed by atoms with van der Waals surface area (Å²) in [6, 6.07) is 8.45. The van der Waals surface area contributed by atoms with Crippen LogP contribution in [0.3, 0.4) is 0 Å². The molecule has 1 N–H and O–H groups in total. The van der Waals surface area contributed by atoms with Crippen LogP contribution in [-0.2, 0) is 4.79 Å². The van der Waals surface area contributed by atoms with Crippen molar-refractivity contribution in [3.63, 3.8) is 0 Å². The van der Waals surface area contributed by atoms with Gasteiger partial charge in [-0.3, -0.25) is 4.79 Å². The minimum absolute atomic E-state index is 0.0583. The summed E-state index contributed by atoms with van der Waals surface area (Å²) in [6.07, 6.45) is 8.84. The summed E-state index contributed by atoms with van der Waals surface area (Å²) in [4.78, 5) is 11.3. The Kier molecular flexibility index (Phi) is 11.3. The number of rotatable bonds is 6. The maximum atomic E-state index is 11.3. The second kappa shape index (κ2) is 12.5. The van der Waals surface area contributed by atoms with E-state index in [2.05, 4.69) is 56.9 Å². The fraction of sp³-hybridized carbons (Fsp3) is 0.381. The second-order valence-electron chi connectivity index (χ2n) is 5.58. The van der Waals surface area contributed by atoms with Gasteiger partial charge in [0.2, 0.25) is 0 Å². The number of carbonyl (C=O) groups excluding carboxylic acids is 1. The molecule has 0 aromatic heterocycles. The first kappa shape index (κ1) is 20.9. The molecule has 0 bridgehead atoms. The van der Waals surface area contributed by atoms with Gasteiger partial charge < -0.3 is 5.32 Å². The molecule has 126 valence electrons. The summed E-state index contributed by atoms with van der Waals surface area (Å²) in [5.41, 5.74) is 4.42. The topological polar surface area (TPSA) is 29.1 Å². The summed E-state index contributed by atoms with van der Waals surface area (Å²) in [5, 5.41) is 2.59. The van der Waals surface area contributed by atoms with E-state index in [1.807, 2.05) is 19.1 Å². The van der Waals surface area contributed by atoms with Gasteiger partial charge in [0.25, 0.3) is 5.91 Å². The summed E-state index contributed by atoms with van der Waals surface area (Å²) in [5.74, 6) is -0.0583. The van der Waals surface area contributed by atoms with E-state index in [-0.39, 0.29) is 5.91 Å². The van der Waals surface area contributed by atoms with Crippen LogP contribution in [0, 0.1) is 13.8 Å². The van der Waals surface area contributed by atoms with Crippen LogP contribution in [0.2, 0.25) is 0 Å². The highest BCUT2D eigenvalue weighted by Gasteiger charge is 2.00. The zero-order chi connectivity index (χ0) is 17.7. The molecular weight excluding hydrogens is 282 g/mol. The SMILES string of the molecule is C=C(/C=C\C(=C/C)C(=O)NC)CCCC.Cc1cccc(C)c1. The highest BCUT2D eigenvalue weighted by molar-refractivity contribution is 5.95. The van der Waals surface area contributed by atoms with Crippen LogP contribution in [0.5, 0.6) is 0 Å². The number of unbranched alkanes of at least 4 members (excludes halogenated alkanes) is 1. The molecule has 2 heteroatoms. The highest BCUT2D eigenvalue weighted by Crippen LogP contribution is 2.08. The number of likely N-dealkylation sites (N-methyl/N-ethyl adjacent to an activating group) is 1. The normalized spacial score (nSPS) is 10.9. The molecular formula is C21H31NO. The maximum absolute atomic E-state index is 11.3. The van der Waals surface area contributed by atoms with Crippen molar-refractivity contribution < 1.29 is 4.79 Å². The Morgan fingerprint density at radius 2 is 1.83 bits per heavy atom. The monoisotopic (exact) mass is 313 g/mol. The van der Waals surface area contributed by atoms with Gasteiger partial charge in [-0.1, -0.05) is 73.0 Å². The molecule has 23 heavy (non-hydrogen) atoms. The first-order valence-corrected chi connectivity index (χ1v) is 8.22. The predicted molar refractivity (Wildman–Crippen MR) is 102 cm³/mol. The van der Waals surface area contributed by atoms with Crippen molar-refractivity contribution in [1.29, 1.82) is 0 Å². The second-order valence-corrected chi connectivity index (χ2v) is 5.58. The Morgan fingerprint density at radius 3 is 2.22 bits per heavy atom. The molecule has 2 nitrogen and oxygen atoms in total. The number of amides is 1. The summed E-state index contributed by atoms with van der Waals surface area (Å²) in [6.45, 7) is 12.1. The molecule has 0 saturated heterocycles. The molecule has 1 rings (SSSR count). The Bertz CT molecular complexity index is 535. The number of benzene rings is 1. The third-order valence-corrected chi connectivity index (χ3v) is 3.32. The zero-order valence-corrected chi connectivity index (χ0v) is 15.3. The lowest BCUT2D eigenvalue weighted by atomic mass is 10.1. The van der Waals surface area contributed by atoms with Crippen molar-refractivity contribution in [2.45, 2.75) is 47.0 Å². The first-order valence-electron chi connectivity index (χ1n) is 8.22. The minimum Gasteiger partial charge on any atom is -0.355 e. The molecule has 0 aliphatic heterocycles. The van der Waals surface area contributed by atoms with Gasteiger partial charge in [-0.15, -0.1) is 0 Å². The largest absolute Gasteiger partial charge is 0.355 e. The van der Waals surface area contributed by atoms with Gasteiger partial charge in [0.05, 0.1) is 0 Å². The molecule has 1 amide bonds. The third kappa shape index (κ3) is 10.3. The lowest BCUT2D eigenvalue weighted by Crippen LogP contribution is -2.18. The van der Waals surface area contributed by atoms with Crippen LogP contribution in [0.15, 0.2) is 60.2 Å². The van der Waals surface area contributed by atoms with E-state index in [1.54, 1.807) is 13.1 Å². The number of aryl methyl sites for hydroxylation is 2. The van der Waals surface area contributed by atoms with Gasteiger partial charge in [0.1, 0.15) is 0 Å². The van der Waals surface area contributed by atoms with Gasteiger partial charge in [0, 0.05) is 12.6 Å². The van der Waals surface area contributed by atoms with E-state index in [0.29, 0.717) is 5.57 Å². The molecule has 1 aromatic rings. The zero-order valence-electron chi connectivity index (χ0n) is 15.3. The molecule has 0 aliphatic carbocycles. The molecule has 0 unspecified atom stereocenters. The van der Waals surface area contributed by atoms with Crippen LogP contribution in [0.4, 0.5) is 0 Å². The molecule has 0 spiro atoms. The van der Waals surface area contributed by atoms with Gasteiger partial charge in [-0.25, -0.2) is 0 Å². The molecule has 0 heterocycles. The van der Waals surface area contributed by atoms with E-state index >= 15 is 0 Å². The van der Waals surface area contributed by atoms with Gasteiger partial charge in [-0.2, -0.15) is 0 Å². The van der Waals surface area contributed by atoms with E-state index in [9.17, 15) is 4.79 Å². The molecule has 0 atom stereocenters. The summed E-state index contributed by atoms with van der Waals surface area (Å²) in [7, 11) is 1.63. The lowest BCUT2D eigenvalue weighted by Gasteiger charge is -2.00. The molecule has 0 aliphatic rings. The van der Waals surface area contributed by atoms with Crippen molar-refractivity contribution in [1.82, 2.24) is 5.32 Å². The Hall–Kier alpha value is -2.09. The van der Waals surface area contributed by atoms with E-state index in [1.165, 1.54) is 17.5 Å². The number of hydrogen-bond acceptors (Lipinski definition) is 1. The summed E-state index contributed by atoms with van der Waals surface area (Å²) >= 11 is 0. The summed E-state index contributed by atoms with van der Waals surface area (Å²) < 4.78 is 0. The minimum atomic E-state index is -0.0583. The predicted octanol–water partition coefficient (Wildman–Crippen LogP) is 5.28. The number of allylic oxidation sites excluding steroid dienone is 3. The number of hydrogen-bond donors (Lipinski definition) is 1. The maximum Gasteiger partial charge on any atom is 0.250 e. The first-order chi connectivity index (χ1) is 10.9. The quantitative estimate of drug-likeness (QED) is 0.561. The van der Waals surface area contributed by atoms with Crippen LogP contribution in [0.1, 0.15) is 44.2 Å². The van der Waals surface area contributed by atoms with E-state index in [4.69, 9.17) is 0 Å². The van der Waals surface area contributed by atoms with Crippen molar-refractivity contribution in [3.8, 4) is 0 Å². The van der Waals surface area contributed by atoms with Crippen LogP contribution in [-0.4, -0.2) is 13.0 Å². The van der Waals surface area contributed by atoms with E-state index < -0.39 is 0 Å². The molecule has 0 radical (unpaired) electrons. The molecule has 0 fully saturated rings. The Labute approximate surface area is 142 Å². The molecule has 1 aromatic carbocycles. The smallest absolute Gasteiger partial charge is 0.250 e. The lowest BCUT2D eigenvalue weighted by molar-refractivity contribution is -0.116. The standard InChI is InChI=1S/C13H21NO.C8H10/c1-5-7-8-11(3)9-10-12(6-2)13(15)14-4;1-7-4-3-5-8(2)6-7/h6,9-10H,3,5,7-8H2,1-2,4H3,(H,14,15);3-6H,1-2H3/b10-9-,12-6+;. The van der Waals surface area contributed by atoms with Crippen molar-refractivity contribution in [3.05, 3.63) is 71.3 Å². The average Bonchev–Trinajstić information content (AvgIpc) is 2.53. The Balaban J connectivity index is 0.000000502. The third-order valence-electron chi connectivity index (χ3n) is 3.32.